The van der Waals surface area contributed by atoms with Crippen LogP contribution in [0.3, 0.4) is 0 Å². The fourth-order valence-electron chi connectivity index (χ4n) is 5.98. The normalized spacial score (nSPS) is 20.6. The second-order valence-corrected chi connectivity index (χ2v) is 16.2. The van der Waals surface area contributed by atoms with E-state index in [1.54, 1.807) is 25.7 Å². The van der Waals surface area contributed by atoms with Crippen LogP contribution in [0.25, 0.3) is 0 Å². The van der Waals surface area contributed by atoms with Gasteiger partial charge in [-0.2, -0.15) is 0 Å². The van der Waals surface area contributed by atoms with E-state index < -0.39 is 76.7 Å². The number of piperidine rings is 1. The zero-order valence-electron chi connectivity index (χ0n) is 31.4. The van der Waals surface area contributed by atoms with Gasteiger partial charge in [0.1, 0.15) is 18.2 Å². The van der Waals surface area contributed by atoms with E-state index in [-0.39, 0.29) is 50.2 Å². The first kappa shape index (κ1) is 42.6. The number of hydrogen-bond acceptors (Lipinski definition) is 8. The summed E-state index contributed by atoms with van der Waals surface area (Å²) in [5.74, 6) is -0.926. The Morgan fingerprint density at radius 2 is 1.73 bits per heavy atom. The molecule has 15 nitrogen and oxygen atoms in total. The van der Waals surface area contributed by atoms with E-state index in [4.69, 9.17) is 16.9 Å². The highest BCUT2D eigenvalue weighted by Crippen LogP contribution is 2.32. The van der Waals surface area contributed by atoms with Crippen LogP contribution in [-0.4, -0.2) is 108 Å². The maximum atomic E-state index is 14.3. The van der Waals surface area contributed by atoms with Crippen molar-refractivity contribution in [1.82, 2.24) is 31.1 Å². The molecule has 7 amide bonds. The molecule has 51 heavy (non-hydrogen) atoms. The predicted octanol–water partition coefficient (Wildman–Crippen LogP) is 1.60. The van der Waals surface area contributed by atoms with Crippen molar-refractivity contribution in [1.29, 1.82) is 0 Å². The Labute approximate surface area is 301 Å². The molecular formula is C36H57N7O8. The third kappa shape index (κ3) is 12.6. The first-order chi connectivity index (χ1) is 23.5. The Bertz CT molecular complexity index is 1390. The Morgan fingerprint density at radius 1 is 1.08 bits per heavy atom. The number of rotatable bonds is 14. The van der Waals surface area contributed by atoms with Gasteiger partial charge < -0.3 is 41.5 Å². The van der Waals surface area contributed by atoms with E-state index in [9.17, 15) is 33.6 Å². The largest absolute Gasteiger partial charge is 0.444 e. The molecule has 0 aromatic heterocycles. The van der Waals surface area contributed by atoms with E-state index >= 15 is 0 Å². The lowest BCUT2D eigenvalue weighted by Crippen LogP contribution is -2.62. The standard InChI is InChI=1S/C36H57N7O8/c1-11-13-14-23(27(45)30(47)38-16-12-2)39-29(46)24-18-22(51-32(37)49)20-43(24)31(48)28(35(6,7)8)41-33(50)40-25(34(3,4)5)21-42-17-15-36(9,10)19-26(42)44/h1,12,22-25,28H,2,13-21H2,3-10H3,(H2,37,49)(H,38,47)(H,39,46)(H2,40,41,50)/t22-,23?,24+,25-,28-/m1/s1. The summed E-state index contributed by atoms with van der Waals surface area (Å²) in [7, 11) is 0. The third-order valence-electron chi connectivity index (χ3n) is 9.16. The molecule has 2 aliphatic rings. The number of nitrogens with two attached hydrogens (primary N) is 1. The van der Waals surface area contributed by atoms with Crippen LogP contribution in [0, 0.1) is 28.6 Å². The van der Waals surface area contributed by atoms with Crippen LogP contribution in [0.4, 0.5) is 9.59 Å². The minimum absolute atomic E-state index is 0.0113. The summed E-state index contributed by atoms with van der Waals surface area (Å²) in [6.07, 6.45) is 5.79. The maximum Gasteiger partial charge on any atom is 0.404 e. The van der Waals surface area contributed by atoms with Crippen LogP contribution in [0.5, 0.6) is 0 Å². The summed E-state index contributed by atoms with van der Waals surface area (Å²) < 4.78 is 5.17. The molecule has 0 saturated carbocycles. The van der Waals surface area contributed by atoms with E-state index in [1.807, 2.05) is 20.8 Å². The number of likely N-dealkylation sites (tertiary alicyclic amines) is 2. The number of nitrogens with one attached hydrogen (secondary N) is 4. The van der Waals surface area contributed by atoms with Crippen LogP contribution in [0.2, 0.25) is 0 Å². The molecule has 2 rings (SSSR count). The Kier molecular flexibility index (Phi) is 14.6. The molecule has 15 heteroatoms. The van der Waals surface area contributed by atoms with E-state index in [0.717, 1.165) is 6.42 Å². The number of nitrogens with zero attached hydrogens (tertiary/aromatic N) is 2. The van der Waals surface area contributed by atoms with E-state index in [0.29, 0.717) is 13.0 Å². The summed E-state index contributed by atoms with van der Waals surface area (Å²) >= 11 is 0. The quantitative estimate of drug-likeness (QED) is 0.101. The van der Waals surface area contributed by atoms with Gasteiger partial charge in [0, 0.05) is 38.9 Å². The zero-order chi connectivity index (χ0) is 38.9. The molecule has 0 bridgehead atoms. The second-order valence-electron chi connectivity index (χ2n) is 16.2. The number of ketones is 1. The van der Waals surface area contributed by atoms with E-state index in [2.05, 4.69) is 47.6 Å². The van der Waals surface area contributed by atoms with Crippen LogP contribution < -0.4 is 27.0 Å². The van der Waals surface area contributed by atoms with E-state index in [1.165, 1.54) is 11.0 Å². The molecule has 2 aliphatic heterocycles. The van der Waals surface area contributed by atoms with Crippen molar-refractivity contribution in [3.05, 3.63) is 12.7 Å². The van der Waals surface area contributed by atoms with Gasteiger partial charge in [0.15, 0.2) is 0 Å². The number of terminal acetylenes is 1. The lowest BCUT2D eigenvalue weighted by Gasteiger charge is -2.41. The number of ether oxygens (including phenoxy) is 1. The van der Waals surface area contributed by atoms with Crippen molar-refractivity contribution in [3.8, 4) is 12.3 Å². The zero-order valence-corrected chi connectivity index (χ0v) is 31.4. The highest BCUT2D eigenvalue weighted by molar-refractivity contribution is 6.38. The minimum atomic E-state index is -1.30. The first-order valence-electron chi connectivity index (χ1n) is 17.3. The van der Waals surface area contributed by atoms with Gasteiger partial charge in [0.05, 0.1) is 18.6 Å². The monoisotopic (exact) mass is 715 g/mol. The average Bonchev–Trinajstić information content (AvgIpc) is 3.42. The SMILES string of the molecule is C#CCCC(NC(=O)[C@@H]1C[C@@H](OC(N)=O)CN1C(=O)[C@@H](NC(=O)N[C@H](CN1CCC(C)(C)CC1=O)C(C)(C)C)C(C)(C)C)C(=O)C(=O)NCC=C. The van der Waals surface area contributed by atoms with Crippen LogP contribution >= 0.6 is 0 Å². The number of amides is 7. The molecule has 0 aromatic rings. The van der Waals surface area contributed by atoms with Gasteiger partial charge in [-0.05, 0) is 29.1 Å². The number of hydrogen-bond donors (Lipinski definition) is 5. The summed E-state index contributed by atoms with van der Waals surface area (Å²) in [5.41, 5.74) is 3.83. The molecule has 2 saturated heterocycles. The summed E-state index contributed by atoms with van der Waals surface area (Å²) in [6.45, 7) is 19.3. The summed E-state index contributed by atoms with van der Waals surface area (Å²) in [5, 5.41) is 10.7. The molecule has 0 aliphatic carbocycles. The van der Waals surface area contributed by atoms with Gasteiger partial charge in [0.2, 0.25) is 23.5 Å². The topological polar surface area (TPSA) is 209 Å². The molecule has 5 atom stereocenters. The van der Waals surface area contributed by atoms with Gasteiger partial charge in [-0.15, -0.1) is 18.9 Å². The average molecular weight is 716 g/mol. The van der Waals surface area contributed by atoms with Gasteiger partial charge in [-0.25, -0.2) is 9.59 Å². The van der Waals surface area contributed by atoms with Crippen molar-refractivity contribution < 1.29 is 38.3 Å². The highest BCUT2D eigenvalue weighted by Gasteiger charge is 2.47. The lowest BCUT2D eigenvalue weighted by molar-refractivity contribution is -0.143. The van der Waals surface area contributed by atoms with Crippen LogP contribution in [0.1, 0.15) is 87.5 Å². The van der Waals surface area contributed by atoms with Gasteiger partial charge in [0.25, 0.3) is 5.91 Å². The molecule has 284 valence electrons. The molecule has 0 spiro atoms. The number of carbonyl (C=O) groups excluding carboxylic acids is 7. The van der Waals surface area contributed by atoms with Crippen molar-refractivity contribution in [3.63, 3.8) is 0 Å². The fraction of sp³-hybridized carbons (Fsp3) is 0.694. The highest BCUT2D eigenvalue weighted by atomic mass is 16.6. The Balaban J connectivity index is 2.34. The van der Waals surface area contributed by atoms with Crippen molar-refractivity contribution in [2.75, 3.05) is 26.2 Å². The van der Waals surface area contributed by atoms with Crippen molar-refractivity contribution in [2.45, 2.75) is 118 Å². The summed E-state index contributed by atoms with van der Waals surface area (Å²) in [6, 6.07) is -4.87. The van der Waals surface area contributed by atoms with Gasteiger partial charge >= 0.3 is 12.1 Å². The minimum Gasteiger partial charge on any atom is -0.444 e. The van der Waals surface area contributed by atoms with Crippen molar-refractivity contribution >= 4 is 41.5 Å². The van der Waals surface area contributed by atoms with Crippen LogP contribution in [-0.2, 0) is 28.7 Å². The van der Waals surface area contributed by atoms with Gasteiger partial charge in [-0.1, -0.05) is 61.5 Å². The molecule has 0 radical (unpaired) electrons. The Morgan fingerprint density at radius 3 is 2.25 bits per heavy atom. The molecule has 0 aromatic carbocycles. The fourth-order valence-corrected chi connectivity index (χ4v) is 5.98. The van der Waals surface area contributed by atoms with Crippen LogP contribution in [0.15, 0.2) is 12.7 Å². The summed E-state index contributed by atoms with van der Waals surface area (Å²) in [4.78, 5) is 94.6. The molecule has 2 fully saturated rings. The molecule has 2 heterocycles. The smallest absolute Gasteiger partial charge is 0.404 e. The number of Topliss-reactive ketones (excluding diaryl/α,β-unsaturated/α-hetero) is 1. The lowest BCUT2D eigenvalue weighted by atomic mass is 9.81. The van der Waals surface area contributed by atoms with Crippen molar-refractivity contribution in [2.24, 2.45) is 22.0 Å². The molecular weight excluding hydrogens is 658 g/mol. The maximum absolute atomic E-state index is 14.3. The van der Waals surface area contributed by atoms with Gasteiger partial charge in [-0.3, -0.25) is 24.0 Å². The number of carbonyl (C=O) groups is 7. The number of primary amides is 1. The predicted molar refractivity (Wildman–Crippen MR) is 191 cm³/mol. The third-order valence-corrected chi connectivity index (χ3v) is 9.16. The second kappa shape index (κ2) is 17.5. The molecule has 6 N–H and O–H groups in total. The molecule has 1 unspecified atom stereocenters. The first-order valence-corrected chi connectivity index (χ1v) is 17.3. The number of urea groups is 1. The Hall–Kier alpha value is -4.61.